The summed E-state index contributed by atoms with van der Waals surface area (Å²) in [7, 11) is 3.91. The minimum atomic E-state index is 0.285. The Kier molecular flexibility index (Phi) is 4.15. The van der Waals surface area contributed by atoms with Gasteiger partial charge in [0.25, 0.3) is 0 Å². The summed E-state index contributed by atoms with van der Waals surface area (Å²) >= 11 is 0. The standard InChI is InChI=1S/C15H20N2O/c1-16(2)11-14-12-17(9-8-15(14)18)10-13-6-4-3-5-7-13/h3-7,11H,8-10,12H2,1-2H3/b14-11+. The number of carbonyl (C=O) groups excluding carboxylic acids is 1. The Morgan fingerprint density at radius 1 is 1.28 bits per heavy atom. The summed E-state index contributed by atoms with van der Waals surface area (Å²) in [6.45, 7) is 2.53. The molecule has 0 radical (unpaired) electrons. The number of nitrogens with zero attached hydrogens (tertiary/aromatic N) is 2. The van der Waals surface area contributed by atoms with Crippen molar-refractivity contribution >= 4 is 5.78 Å². The molecule has 2 rings (SSSR count). The van der Waals surface area contributed by atoms with Gasteiger partial charge in [0, 0.05) is 51.9 Å². The lowest BCUT2D eigenvalue weighted by molar-refractivity contribution is -0.117. The Bertz CT molecular complexity index is 437. The van der Waals surface area contributed by atoms with Crippen LogP contribution in [-0.2, 0) is 11.3 Å². The molecule has 3 nitrogen and oxygen atoms in total. The van der Waals surface area contributed by atoms with E-state index in [1.807, 2.05) is 31.3 Å². The van der Waals surface area contributed by atoms with Gasteiger partial charge in [0.1, 0.15) is 0 Å². The molecule has 0 bridgehead atoms. The lowest BCUT2D eigenvalue weighted by atomic mass is 10.0. The molecule has 1 aliphatic rings. The zero-order valence-corrected chi connectivity index (χ0v) is 11.1. The van der Waals surface area contributed by atoms with Crippen molar-refractivity contribution in [2.45, 2.75) is 13.0 Å². The second-order valence-corrected chi connectivity index (χ2v) is 4.99. The van der Waals surface area contributed by atoms with E-state index in [9.17, 15) is 4.79 Å². The SMILES string of the molecule is CN(C)/C=C1\CN(Cc2ccccc2)CCC1=O. The van der Waals surface area contributed by atoms with Crippen LogP contribution < -0.4 is 0 Å². The highest BCUT2D eigenvalue weighted by Gasteiger charge is 2.21. The second-order valence-electron chi connectivity index (χ2n) is 4.99. The third-order valence-electron chi connectivity index (χ3n) is 3.07. The van der Waals surface area contributed by atoms with Crippen molar-refractivity contribution < 1.29 is 4.79 Å². The molecule has 18 heavy (non-hydrogen) atoms. The molecule has 0 amide bonds. The van der Waals surface area contributed by atoms with Crippen LogP contribution in [0.5, 0.6) is 0 Å². The van der Waals surface area contributed by atoms with E-state index in [0.717, 1.165) is 25.2 Å². The van der Waals surface area contributed by atoms with Gasteiger partial charge in [0.05, 0.1) is 0 Å². The summed E-state index contributed by atoms with van der Waals surface area (Å²) < 4.78 is 0. The van der Waals surface area contributed by atoms with E-state index in [-0.39, 0.29) is 5.78 Å². The van der Waals surface area contributed by atoms with Crippen LogP contribution in [0.3, 0.4) is 0 Å². The van der Waals surface area contributed by atoms with Gasteiger partial charge >= 0.3 is 0 Å². The van der Waals surface area contributed by atoms with Gasteiger partial charge in [0.2, 0.25) is 0 Å². The average Bonchev–Trinajstić information content (AvgIpc) is 2.34. The van der Waals surface area contributed by atoms with E-state index in [4.69, 9.17) is 0 Å². The average molecular weight is 244 g/mol. The molecule has 1 saturated heterocycles. The lowest BCUT2D eigenvalue weighted by Gasteiger charge is -2.28. The fourth-order valence-electron chi connectivity index (χ4n) is 2.23. The molecule has 1 aromatic carbocycles. The molecular weight excluding hydrogens is 224 g/mol. The molecule has 0 aromatic heterocycles. The van der Waals surface area contributed by atoms with Crippen molar-refractivity contribution in [2.75, 3.05) is 27.2 Å². The summed E-state index contributed by atoms with van der Waals surface area (Å²) in [5.74, 6) is 0.285. The van der Waals surface area contributed by atoms with Gasteiger partial charge in [-0.05, 0) is 5.56 Å². The summed E-state index contributed by atoms with van der Waals surface area (Å²) in [5.41, 5.74) is 2.22. The van der Waals surface area contributed by atoms with E-state index in [2.05, 4.69) is 29.2 Å². The van der Waals surface area contributed by atoms with E-state index >= 15 is 0 Å². The van der Waals surface area contributed by atoms with E-state index in [1.54, 1.807) is 0 Å². The van der Waals surface area contributed by atoms with Crippen molar-refractivity contribution in [3.05, 3.63) is 47.7 Å². The lowest BCUT2D eigenvalue weighted by Crippen LogP contribution is -2.35. The number of piperidine rings is 1. The summed E-state index contributed by atoms with van der Waals surface area (Å²) in [6.07, 6.45) is 2.58. The predicted octanol–water partition coefficient (Wildman–Crippen LogP) is 1.91. The maximum absolute atomic E-state index is 11.8. The van der Waals surface area contributed by atoms with Gasteiger partial charge < -0.3 is 4.90 Å². The first kappa shape index (κ1) is 12.8. The highest BCUT2D eigenvalue weighted by molar-refractivity contribution is 5.96. The predicted molar refractivity (Wildman–Crippen MR) is 73.1 cm³/mol. The van der Waals surface area contributed by atoms with Crippen LogP contribution in [0.1, 0.15) is 12.0 Å². The Balaban J connectivity index is 2.02. The van der Waals surface area contributed by atoms with E-state index in [0.29, 0.717) is 6.42 Å². The van der Waals surface area contributed by atoms with Gasteiger partial charge in [-0.1, -0.05) is 30.3 Å². The monoisotopic (exact) mass is 244 g/mol. The topological polar surface area (TPSA) is 23.6 Å². The van der Waals surface area contributed by atoms with Crippen molar-refractivity contribution in [1.82, 2.24) is 9.80 Å². The zero-order chi connectivity index (χ0) is 13.0. The van der Waals surface area contributed by atoms with Crippen molar-refractivity contribution in [1.29, 1.82) is 0 Å². The highest BCUT2D eigenvalue weighted by atomic mass is 16.1. The number of hydrogen-bond acceptors (Lipinski definition) is 3. The number of hydrogen-bond donors (Lipinski definition) is 0. The molecule has 0 unspecified atom stereocenters. The molecule has 0 aliphatic carbocycles. The van der Waals surface area contributed by atoms with Crippen molar-refractivity contribution in [3.63, 3.8) is 0 Å². The molecular formula is C15H20N2O. The maximum atomic E-state index is 11.8. The first-order chi connectivity index (χ1) is 8.65. The van der Waals surface area contributed by atoms with Gasteiger partial charge in [-0.15, -0.1) is 0 Å². The van der Waals surface area contributed by atoms with Crippen LogP contribution in [0.15, 0.2) is 42.1 Å². The van der Waals surface area contributed by atoms with Crippen LogP contribution in [0.2, 0.25) is 0 Å². The number of ketones is 1. The summed E-state index contributed by atoms with van der Waals surface area (Å²) in [6, 6.07) is 10.4. The molecule has 1 fully saturated rings. The van der Waals surface area contributed by atoms with Crippen molar-refractivity contribution in [3.8, 4) is 0 Å². The minimum absolute atomic E-state index is 0.285. The molecule has 0 atom stereocenters. The smallest absolute Gasteiger partial charge is 0.162 e. The molecule has 0 N–H and O–H groups in total. The Hall–Kier alpha value is -1.61. The zero-order valence-electron chi connectivity index (χ0n) is 11.1. The normalized spacial score (nSPS) is 19.2. The number of carbonyl (C=O) groups is 1. The third-order valence-corrected chi connectivity index (χ3v) is 3.07. The largest absolute Gasteiger partial charge is 0.383 e. The number of Topliss-reactive ketones (excluding diaryl/α,β-unsaturated/α-hetero) is 1. The molecule has 1 heterocycles. The highest BCUT2D eigenvalue weighted by Crippen LogP contribution is 2.15. The van der Waals surface area contributed by atoms with Crippen LogP contribution in [0.25, 0.3) is 0 Å². The first-order valence-corrected chi connectivity index (χ1v) is 6.32. The van der Waals surface area contributed by atoms with Gasteiger partial charge in [-0.2, -0.15) is 0 Å². The summed E-state index contributed by atoms with van der Waals surface area (Å²) in [4.78, 5) is 16.1. The quantitative estimate of drug-likeness (QED) is 0.759. The second kappa shape index (κ2) is 5.83. The third kappa shape index (κ3) is 3.44. The van der Waals surface area contributed by atoms with Gasteiger partial charge in [-0.3, -0.25) is 9.69 Å². The molecule has 1 aromatic rings. The number of rotatable bonds is 3. The molecule has 0 saturated carbocycles. The Morgan fingerprint density at radius 3 is 2.67 bits per heavy atom. The Labute approximate surface area is 109 Å². The minimum Gasteiger partial charge on any atom is -0.383 e. The van der Waals surface area contributed by atoms with E-state index < -0.39 is 0 Å². The first-order valence-electron chi connectivity index (χ1n) is 6.32. The molecule has 1 aliphatic heterocycles. The van der Waals surface area contributed by atoms with Gasteiger partial charge in [-0.25, -0.2) is 0 Å². The van der Waals surface area contributed by atoms with Crippen LogP contribution in [-0.4, -0.2) is 42.8 Å². The molecule has 3 heteroatoms. The fourth-order valence-corrected chi connectivity index (χ4v) is 2.23. The number of benzene rings is 1. The van der Waals surface area contributed by atoms with Crippen molar-refractivity contribution in [2.24, 2.45) is 0 Å². The van der Waals surface area contributed by atoms with E-state index in [1.165, 1.54) is 5.56 Å². The Morgan fingerprint density at radius 2 is 2.00 bits per heavy atom. The summed E-state index contributed by atoms with van der Waals surface area (Å²) in [5, 5.41) is 0. The fraction of sp³-hybridized carbons (Fsp3) is 0.400. The maximum Gasteiger partial charge on any atom is 0.162 e. The van der Waals surface area contributed by atoms with Crippen LogP contribution >= 0.6 is 0 Å². The van der Waals surface area contributed by atoms with Crippen LogP contribution in [0.4, 0.5) is 0 Å². The van der Waals surface area contributed by atoms with Crippen LogP contribution in [0, 0.1) is 0 Å². The molecule has 0 spiro atoms. The molecule has 96 valence electrons. The number of likely N-dealkylation sites (tertiary alicyclic amines) is 1. The van der Waals surface area contributed by atoms with Gasteiger partial charge in [0.15, 0.2) is 5.78 Å².